The number of aryl methyl sites for hydroxylation is 1. The van der Waals surface area contributed by atoms with Crippen LogP contribution in [0, 0.1) is 23.7 Å². The highest BCUT2D eigenvalue weighted by molar-refractivity contribution is 5.87. The van der Waals surface area contributed by atoms with Gasteiger partial charge >= 0.3 is 5.97 Å². The molecule has 3 fully saturated rings. The molecule has 0 N–H and O–H groups in total. The molecule has 0 aromatic carbocycles. The summed E-state index contributed by atoms with van der Waals surface area (Å²) in [7, 11) is 1.40. The summed E-state index contributed by atoms with van der Waals surface area (Å²) in [5, 5.41) is 0. The molecular weight excluding hydrogens is 254 g/mol. The minimum atomic E-state index is -0.388. The molecule has 0 amide bonds. The van der Waals surface area contributed by atoms with Crippen LogP contribution < -0.4 is 0 Å². The molecule has 3 aliphatic carbocycles. The number of hydrogen-bond acceptors (Lipinski definition) is 4. The summed E-state index contributed by atoms with van der Waals surface area (Å²) in [5.41, 5.74) is 0.784. The summed E-state index contributed by atoms with van der Waals surface area (Å²) >= 11 is 0. The average molecular weight is 275 g/mol. The minimum Gasteiger partial charge on any atom is -0.463 e. The van der Waals surface area contributed by atoms with Crippen LogP contribution in [0.3, 0.4) is 0 Å². The third-order valence-corrected chi connectivity index (χ3v) is 5.59. The number of nitrogens with zero attached hydrogens (tertiary/aromatic N) is 1. The van der Waals surface area contributed by atoms with E-state index in [1.807, 2.05) is 0 Å². The summed E-state index contributed by atoms with van der Waals surface area (Å²) in [4.78, 5) is 16.4. The zero-order valence-corrected chi connectivity index (χ0v) is 12.1. The van der Waals surface area contributed by atoms with Gasteiger partial charge in [-0.2, -0.15) is 0 Å². The Labute approximate surface area is 118 Å². The van der Waals surface area contributed by atoms with E-state index in [9.17, 15) is 4.79 Å². The van der Waals surface area contributed by atoms with E-state index in [0.717, 1.165) is 48.1 Å². The second-order valence-electron chi connectivity index (χ2n) is 6.58. The Kier molecular flexibility index (Phi) is 2.69. The van der Waals surface area contributed by atoms with Crippen molar-refractivity contribution in [3.05, 3.63) is 17.3 Å². The molecule has 1 aromatic heterocycles. The number of oxazole rings is 1. The van der Waals surface area contributed by atoms with Gasteiger partial charge in [0.1, 0.15) is 0 Å². The number of aromatic nitrogens is 1. The van der Waals surface area contributed by atoms with E-state index >= 15 is 0 Å². The fourth-order valence-electron chi connectivity index (χ4n) is 4.83. The Morgan fingerprint density at radius 3 is 2.65 bits per heavy atom. The van der Waals surface area contributed by atoms with Crippen molar-refractivity contribution in [1.82, 2.24) is 4.98 Å². The standard InChI is InChI=1S/C16H21NO3/c1-3-4-10-14(16(18)19-2)20-15(17-10)13-11-8-5-6-9(7-8)12(11)13/h8-9,11-13H,3-7H2,1-2H3. The van der Waals surface area contributed by atoms with Gasteiger partial charge in [-0.25, -0.2) is 9.78 Å². The van der Waals surface area contributed by atoms with Crippen LogP contribution in [0.1, 0.15) is 60.7 Å². The number of hydrogen-bond donors (Lipinski definition) is 0. The second kappa shape index (κ2) is 4.34. The van der Waals surface area contributed by atoms with Gasteiger partial charge in [0.15, 0.2) is 5.89 Å². The van der Waals surface area contributed by atoms with E-state index < -0.39 is 0 Å². The molecule has 4 rings (SSSR count). The maximum absolute atomic E-state index is 11.8. The van der Waals surface area contributed by atoms with Crippen LogP contribution in [-0.2, 0) is 11.2 Å². The zero-order valence-electron chi connectivity index (χ0n) is 12.1. The van der Waals surface area contributed by atoms with Crippen molar-refractivity contribution < 1.29 is 13.9 Å². The van der Waals surface area contributed by atoms with Gasteiger partial charge < -0.3 is 9.15 Å². The third-order valence-electron chi connectivity index (χ3n) is 5.59. The largest absolute Gasteiger partial charge is 0.463 e. The summed E-state index contributed by atoms with van der Waals surface area (Å²) in [6, 6.07) is 0. The molecule has 3 saturated carbocycles. The number of ether oxygens (including phenoxy) is 1. The quantitative estimate of drug-likeness (QED) is 0.792. The van der Waals surface area contributed by atoms with Gasteiger partial charge in [-0.3, -0.25) is 0 Å². The molecule has 0 spiro atoms. The lowest BCUT2D eigenvalue weighted by atomic mass is 10.0. The lowest BCUT2D eigenvalue weighted by molar-refractivity contribution is 0.0561. The van der Waals surface area contributed by atoms with Crippen molar-refractivity contribution >= 4 is 5.97 Å². The summed E-state index contributed by atoms with van der Waals surface area (Å²) in [6.07, 6.45) is 5.92. The van der Waals surface area contributed by atoms with E-state index in [1.165, 1.54) is 26.4 Å². The molecule has 4 atom stereocenters. The fourth-order valence-corrected chi connectivity index (χ4v) is 4.83. The lowest BCUT2D eigenvalue weighted by Crippen LogP contribution is -2.03. The number of esters is 1. The van der Waals surface area contributed by atoms with Gasteiger partial charge in [-0.1, -0.05) is 13.3 Å². The Morgan fingerprint density at radius 2 is 2.05 bits per heavy atom. The highest BCUT2D eigenvalue weighted by atomic mass is 16.5. The Hall–Kier alpha value is -1.32. The molecule has 4 nitrogen and oxygen atoms in total. The topological polar surface area (TPSA) is 52.3 Å². The normalized spacial score (nSPS) is 37.0. The predicted molar refractivity (Wildman–Crippen MR) is 72.4 cm³/mol. The van der Waals surface area contributed by atoms with Crippen LogP contribution in [0.4, 0.5) is 0 Å². The SMILES string of the molecule is CCCc1nc(C2C3C4CCC(C4)C23)oc1C(=O)OC. The monoisotopic (exact) mass is 275 g/mol. The number of carbonyl (C=O) groups is 1. The molecule has 2 bridgehead atoms. The molecule has 3 aliphatic rings. The van der Waals surface area contributed by atoms with Crippen LogP contribution in [0.5, 0.6) is 0 Å². The van der Waals surface area contributed by atoms with Crippen molar-refractivity contribution in [2.75, 3.05) is 7.11 Å². The van der Waals surface area contributed by atoms with Crippen LogP contribution in [0.15, 0.2) is 4.42 Å². The first-order valence-electron chi connectivity index (χ1n) is 7.82. The van der Waals surface area contributed by atoms with Crippen molar-refractivity contribution in [3.63, 3.8) is 0 Å². The Balaban J connectivity index is 1.62. The third kappa shape index (κ3) is 1.60. The van der Waals surface area contributed by atoms with Crippen molar-refractivity contribution in [3.8, 4) is 0 Å². The van der Waals surface area contributed by atoms with Gasteiger partial charge in [-0.15, -0.1) is 0 Å². The molecule has 0 radical (unpaired) electrons. The number of methoxy groups -OCH3 is 1. The van der Waals surface area contributed by atoms with E-state index in [0.29, 0.717) is 11.7 Å². The molecule has 0 saturated heterocycles. The molecular formula is C16H21NO3. The minimum absolute atomic E-state index is 0.335. The van der Waals surface area contributed by atoms with E-state index in [1.54, 1.807) is 0 Å². The van der Waals surface area contributed by atoms with Gasteiger partial charge in [0.05, 0.1) is 12.8 Å². The van der Waals surface area contributed by atoms with E-state index in [4.69, 9.17) is 9.15 Å². The fraction of sp³-hybridized carbons (Fsp3) is 0.750. The maximum atomic E-state index is 11.8. The lowest BCUT2D eigenvalue weighted by Gasteiger charge is -2.04. The van der Waals surface area contributed by atoms with Gasteiger partial charge in [0, 0.05) is 5.92 Å². The zero-order chi connectivity index (χ0) is 13.9. The number of fused-ring (bicyclic) bond motifs is 5. The summed E-state index contributed by atoms with van der Waals surface area (Å²) in [5.74, 6) is 4.58. The molecule has 1 heterocycles. The number of rotatable bonds is 4. The maximum Gasteiger partial charge on any atom is 0.375 e. The van der Waals surface area contributed by atoms with Crippen LogP contribution in [0.25, 0.3) is 0 Å². The van der Waals surface area contributed by atoms with Crippen molar-refractivity contribution in [2.24, 2.45) is 23.7 Å². The molecule has 0 aliphatic heterocycles. The van der Waals surface area contributed by atoms with Crippen LogP contribution in [0.2, 0.25) is 0 Å². The first-order chi connectivity index (χ1) is 9.74. The van der Waals surface area contributed by atoms with Crippen molar-refractivity contribution in [2.45, 2.75) is 44.9 Å². The molecule has 108 valence electrons. The second-order valence-corrected chi connectivity index (χ2v) is 6.58. The Morgan fingerprint density at radius 1 is 1.35 bits per heavy atom. The summed E-state index contributed by atoms with van der Waals surface area (Å²) in [6.45, 7) is 2.08. The molecule has 4 unspecified atom stereocenters. The Bertz CT molecular complexity index is 534. The molecule has 20 heavy (non-hydrogen) atoms. The summed E-state index contributed by atoms with van der Waals surface area (Å²) < 4.78 is 10.6. The molecule has 1 aromatic rings. The smallest absolute Gasteiger partial charge is 0.375 e. The van der Waals surface area contributed by atoms with E-state index in [2.05, 4.69) is 11.9 Å². The highest BCUT2D eigenvalue weighted by Crippen LogP contribution is 2.72. The average Bonchev–Trinajstić information content (AvgIpc) is 2.83. The molecule has 4 heteroatoms. The van der Waals surface area contributed by atoms with Gasteiger partial charge in [0.2, 0.25) is 5.76 Å². The highest BCUT2D eigenvalue weighted by Gasteiger charge is 2.67. The number of carbonyl (C=O) groups excluding carboxylic acids is 1. The first kappa shape index (κ1) is 12.4. The first-order valence-corrected chi connectivity index (χ1v) is 7.82. The van der Waals surface area contributed by atoms with Gasteiger partial charge in [-0.05, 0) is 49.4 Å². The van der Waals surface area contributed by atoms with E-state index in [-0.39, 0.29) is 5.97 Å². The predicted octanol–water partition coefficient (Wildman–Crippen LogP) is 3.17. The van der Waals surface area contributed by atoms with Crippen molar-refractivity contribution in [1.29, 1.82) is 0 Å². The van der Waals surface area contributed by atoms with Crippen LogP contribution >= 0.6 is 0 Å². The van der Waals surface area contributed by atoms with Crippen LogP contribution in [-0.4, -0.2) is 18.1 Å². The van der Waals surface area contributed by atoms with Gasteiger partial charge in [0.25, 0.3) is 0 Å².